The van der Waals surface area contributed by atoms with Gasteiger partial charge in [-0.2, -0.15) is 0 Å². The van der Waals surface area contributed by atoms with E-state index in [2.05, 4.69) is 5.32 Å². The topological polar surface area (TPSA) is 55.1 Å². The van der Waals surface area contributed by atoms with Crippen LogP contribution in [0.25, 0.3) is 0 Å². The van der Waals surface area contributed by atoms with Crippen molar-refractivity contribution >= 4 is 40.5 Å². The third kappa shape index (κ3) is 2.84. The van der Waals surface area contributed by atoms with Crippen LogP contribution in [0.15, 0.2) is 30.3 Å². The molecule has 0 saturated heterocycles. The zero-order valence-electron chi connectivity index (χ0n) is 9.88. The van der Waals surface area contributed by atoms with E-state index in [4.69, 9.17) is 28.9 Å². The molecule has 3 nitrogen and oxygen atoms in total. The SMILES string of the molecule is Nc1cc(F)c(F)cc1C(=O)Nc1c(Cl)cccc1Cl. The summed E-state index contributed by atoms with van der Waals surface area (Å²) in [5.41, 5.74) is 5.26. The number of hydrogen-bond acceptors (Lipinski definition) is 2. The van der Waals surface area contributed by atoms with Crippen LogP contribution in [0.3, 0.4) is 0 Å². The molecule has 104 valence electrons. The molecule has 7 heteroatoms. The number of anilines is 2. The summed E-state index contributed by atoms with van der Waals surface area (Å²) in [6.45, 7) is 0. The second-order valence-electron chi connectivity index (χ2n) is 3.90. The molecule has 2 rings (SSSR count). The molecule has 0 aromatic heterocycles. The number of carbonyl (C=O) groups excluding carboxylic acids is 1. The van der Waals surface area contributed by atoms with E-state index in [1.54, 1.807) is 6.07 Å². The van der Waals surface area contributed by atoms with Gasteiger partial charge in [0.05, 0.1) is 21.3 Å². The van der Waals surface area contributed by atoms with Crippen molar-refractivity contribution in [3.8, 4) is 0 Å². The third-order valence-corrected chi connectivity index (χ3v) is 3.17. The lowest BCUT2D eigenvalue weighted by atomic mass is 10.1. The fraction of sp³-hybridized carbons (Fsp3) is 0. The minimum absolute atomic E-state index is 0.171. The van der Waals surface area contributed by atoms with Gasteiger partial charge in [0.25, 0.3) is 5.91 Å². The highest BCUT2D eigenvalue weighted by molar-refractivity contribution is 6.40. The van der Waals surface area contributed by atoms with Crippen molar-refractivity contribution in [1.29, 1.82) is 0 Å². The van der Waals surface area contributed by atoms with Gasteiger partial charge in [-0.1, -0.05) is 29.3 Å². The number of benzene rings is 2. The van der Waals surface area contributed by atoms with Crippen molar-refractivity contribution in [3.05, 3.63) is 57.6 Å². The summed E-state index contributed by atoms with van der Waals surface area (Å²) in [5.74, 6) is -3.04. The van der Waals surface area contributed by atoms with Crippen molar-refractivity contribution < 1.29 is 13.6 Å². The minimum Gasteiger partial charge on any atom is -0.398 e. The highest BCUT2D eigenvalue weighted by Gasteiger charge is 2.16. The van der Waals surface area contributed by atoms with Gasteiger partial charge >= 0.3 is 0 Å². The van der Waals surface area contributed by atoms with Gasteiger partial charge in [-0.25, -0.2) is 8.78 Å². The zero-order valence-corrected chi connectivity index (χ0v) is 11.4. The molecule has 0 radical (unpaired) electrons. The lowest BCUT2D eigenvalue weighted by Crippen LogP contribution is -2.15. The van der Waals surface area contributed by atoms with E-state index < -0.39 is 17.5 Å². The normalized spacial score (nSPS) is 10.4. The van der Waals surface area contributed by atoms with E-state index >= 15 is 0 Å². The van der Waals surface area contributed by atoms with Crippen LogP contribution >= 0.6 is 23.2 Å². The first kappa shape index (κ1) is 14.6. The number of para-hydroxylation sites is 1. The van der Waals surface area contributed by atoms with E-state index in [0.29, 0.717) is 6.07 Å². The van der Waals surface area contributed by atoms with Gasteiger partial charge in [-0.05, 0) is 18.2 Å². The Morgan fingerprint density at radius 1 is 1.10 bits per heavy atom. The van der Waals surface area contributed by atoms with Crippen molar-refractivity contribution in [2.24, 2.45) is 0 Å². The Balaban J connectivity index is 2.36. The lowest BCUT2D eigenvalue weighted by Gasteiger charge is -2.10. The fourth-order valence-corrected chi connectivity index (χ4v) is 2.05. The summed E-state index contributed by atoms with van der Waals surface area (Å²) in [5, 5.41) is 2.84. The Kier molecular flexibility index (Phi) is 4.11. The highest BCUT2D eigenvalue weighted by Crippen LogP contribution is 2.30. The predicted octanol–water partition coefficient (Wildman–Crippen LogP) is 4.11. The number of carbonyl (C=O) groups is 1. The monoisotopic (exact) mass is 316 g/mol. The van der Waals surface area contributed by atoms with E-state index in [1.165, 1.54) is 12.1 Å². The number of amides is 1. The summed E-state index contributed by atoms with van der Waals surface area (Å²) in [4.78, 5) is 12.0. The molecule has 0 aliphatic carbocycles. The van der Waals surface area contributed by atoms with Gasteiger partial charge in [0.1, 0.15) is 0 Å². The van der Waals surface area contributed by atoms with Gasteiger partial charge in [-0.3, -0.25) is 4.79 Å². The summed E-state index contributed by atoms with van der Waals surface area (Å²) in [6, 6.07) is 6.10. The second-order valence-corrected chi connectivity index (χ2v) is 4.72. The molecule has 3 N–H and O–H groups in total. The Morgan fingerprint density at radius 3 is 2.25 bits per heavy atom. The van der Waals surface area contributed by atoms with Gasteiger partial charge in [-0.15, -0.1) is 0 Å². The number of rotatable bonds is 2. The molecule has 0 aliphatic heterocycles. The molecular weight excluding hydrogens is 309 g/mol. The number of hydrogen-bond donors (Lipinski definition) is 2. The predicted molar refractivity (Wildman–Crippen MR) is 75.2 cm³/mol. The molecule has 2 aromatic carbocycles. The second kappa shape index (κ2) is 5.64. The van der Waals surface area contributed by atoms with E-state index in [-0.39, 0.29) is 27.0 Å². The van der Waals surface area contributed by atoms with Gasteiger partial charge < -0.3 is 11.1 Å². The van der Waals surface area contributed by atoms with E-state index in [9.17, 15) is 13.6 Å². The van der Waals surface area contributed by atoms with Crippen LogP contribution < -0.4 is 11.1 Å². The molecule has 1 amide bonds. The molecule has 0 aliphatic rings. The summed E-state index contributed by atoms with van der Waals surface area (Å²) < 4.78 is 26.1. The number of nitrogen functional groups attached to an aromatic ring is 1. The van der Waals surface area contributed by atoms with Crippen LogP contribution in [-0.2, 0) is 0 Å². The molecule has 0 bridgehead atoms. The quantitative estimate of drug-likeness (QED) is 0.819. The van der Waals surface area contributed by atoms with Crippen LogP contribution in [0.4, 0.5) is 20.2 Å². The van der Waals surface area contributed by atoms with Crippen molar-refractivity contribution in [3.63, 3.8) is 0 Å². The average molecular weight is 317 g/mol. The molecule has 0 atom stereocenters. The number of nitrogens with two attached hydrogens (primary N) is 1. The standard InChI is InChI=1S/C13H8Cl2F2N2O/c14-7-2-1-3-8(15)12(7)19-13(20)6-4-9(16)10(17)5-11(6)18/h1-5H,18H2,(H,19,20). The van der Waals surface area contributed by atoms with Crippen LogP contribution in [0.1, 0.15) is 10.4 Å². The fourth-order valence-electron chi connectivity index (χ4n) is 1.56. The Labute approximate surface area is 123 Å². The van der Waals surface area contributed by atoms with Crippen molar-refractivity contribution in [1.82, 2.24) is 0 Å². The Bertz CT molecular complexity index is 672. The van der Waals surface area contributed by atoms with Crippen LogP contribution in [0, 0.1) is 11.6 Å². The largest absolute Gasteiger partial charge is 0.398 e. The molecule has 0 unspecified atom stereocenters. The molecule has 20 heavy (non-hydrogen) atoms. The van der Waals surface area contributed by atoms with E-state index in [0.717, 1.165) is 6.07 Å². The third-order valence-electron chi connectivity index (χ3n) is 2.54. The molecule has 0 heterocycles. The maximum absolute atomic E-state index is 13.2. The smallest absolute Gasteiger partial charge is 0.257 e. The first-order valence-corrected chi connectivity index (χ1v) is 6.15. The van der Waals surface area contributed by atoms with Gasteiger partial charge in [0.15, 0.2) is 11.6 Å². The van der Waals surface area contributed by atoms with Crippen molar-refractivity contribution in [2.45, 2.75) is 0 Å². The first-order chi connectivity index (χ1) is 9.40. The van der Waals surface area contributed by atoms with Crippen LogP contribution in [0.2, 0.25) is 10.0 Å². The molecule has 0 fully saturated rings. The highest BCUT2D eigenvalue weighted by atomic mass is 35.5. The van der Waals surface area contributed by atoms with Crippen LogP contribution in [0.5, 0.6) is 0 Å². The molecular formula is C13H8Cl2F2N2O. The van der Waals surface area contributed by atoms with Crippen molar-refractivity contribution in [2.75, 3.05) is 11.1 Å². The Hall–Kier alpha value is -1.85. The first-order valence-electron chi connectivity index (χ1n) is 5.40. The minimum atomic E-state index is -1.17. The molecule has 0 spiro atoms. The summed E-state index contributed by atoms with van der Waals surface area (Å²) >= 11 is 11.8. The van der Waals surface area contributed by atoms with Crippen LogP contribution in [-0.4, -0.2) is 5.91 Å². The lowest BCUT2D eigenvalue weighted by molar-refractivity contribution is 0.102. The number of nitrogens with one attached hydrogen (secondary N) is 1. The van der Waals surface area contributed by atoms with Gasteiger partial charge in [0.2, 0.25) is 0 Å². The molecule has 0 saturated carbocycles. The maximum Gasteiger partial charge on any atom is 0.257 e. The van der Waals surface area contributed by atoms with Gasteiger partial charge in [0, 0.05) is 11.8 Å². The maximum atomic E-state index is 13.2. The average Bonchev–Trinajstić information content (AvgIpc) is 2.38. The number of halogens is 4. The summed E-state index contributed by atoms with van der Waals surface area (Å²) in [6.07, 6.45) is 0. The zero-order chi connectivity index (χ0) is 14.9. The van der Waals surface area contributed by atoms with E-state index in [1.807, 2.05) is 0 Å². The molecule has 2 aromatic rings. The summed E-state index contributed by atoms with van der Waals surface area (Å²) in [7, 11) is 0. The Morgan fingerprint density at radius 2 is 1.65 bits per heavy atom.